The minimum absolute atomic E-state index is 0. The van der Waals surface area contributed by atoms with E-state index < -0.39 is 0 Å². The molecule has 0 spiro atoms. The first kappa shape index (κ1) is 18.0. The van der Waals surface area contributed by atoms with E-state index in [1.54, 1.807) is 0 Å². The van der Waals surface area contributed by atoms with Gasteiger partial charge in [-0.15, -0.1) is 12.4 Å². The number of carbonyl (C=O) groups excluding carboxylic acids is 1. The third-order valence-corrected chi connectivity index (χ3v) is 3.80. The van der Waals surface area contributed by atoms with Gasteiger partial charge >= 0.3 is 0 Å². The average molecular weight is 343 g/mol. The van der Waals surface area contributed by atoms with Crippen LogP contribution in [0.4, 0.5) is 5.69 Å². The maximum absolute atomic E-state index is 12.1. The fourth-order valence-electron chi connectivity index (χ4n) is 2.59. The lowest BCUT2D eigenvalue weighted by molar-refractivity contribution is -0.120. The van der Waals surface area contributed by atoms with Crippen LogP contribution in [0.2, 0.25) is 0 Å². The molecule has 0 bridgehead atoms. The largest absolute Gasteiger partial charge is 0.491 e. The molecule has 2 atom stereocenters. The molecule has 6 nitrogen and oxygen atoms in total. The van der Waals surface area contributed by atoms with Gasteiger partial charge in [-0.2, -0.15) is 0 Å². The van der Waals surface area contributed by atoms with Gasteiger partial charge in [-0.05, 0) is 25.0 Å². The normalized spacial score (nSPS) is 23.8. The number of amides is 1. The summed E-state index contributed by atoms with van der Waals surface area (Å²) in [5.74, 6) is 0.650. The summed E-state index contributed by atoms with van der Waals surface area (Å²) in [6.45, 7) is 3.12. The number of halogens is 1. The monoisotopic (exact) mass is 342 g/mol. The van der Waals surface area contributed by atoms with E-state index >= 15 is 0 Å². The van der Waals surface area contributed by atoms with Crippen molar-refractivity contribution < 1.29 is 19.0 Å². The number of hydrogen-bond donors (Lipinski definition) is 2. The van der Waals surface area contributed by atoms with Crippen LogP contribution in [0, 0.1) is 0 Å². The Labute approximate surface area is 142 Å². The predicted molar refractivity (Wildman–Crippen MR) is 89.4 cm³/mol. The predicted octanol–water partition coefficient (Wildman–Crippen LogP) is 1.59. The van der Waals surface area contributed by atoms with Crippen LogP contribution in [0.3, 0.4) is 0 Å². The summed E-state index contributed by atoms with van der Waals surface area (Å²) in [4.78, 5) is 12.1. The fourth-order valence-corrected chi connectivity index (χ4v) is 2.59. The number of carbonyl (C=O) groups is 1. The molecule has 2 heterocycles. The molecule has 1 aromatic rings. The highest BCUT2D eigenvalue weighted by Gasteiger charge is 2.21. The molecule has 1 amide bonds. The summed E-state index contributed by atoms with van der Waals surface area (Å²) in [5, 5.41) is 6.02. The highest BCUT2D eigenvalue weighted by Crippen LogP contribution is 2.20. The van der Waals surface area contributed by atoms with Crippen molar-refractivity contribution in [1.29, 1.82) is 0 Å². The minimum atomic E-state index is -0.301. The van der Waals surface area contributed by atoms with Gasteiger partial charge in [0.05, 0.1) is 19.3 Å². The molecule has 3 rings (SSSR count). The Morgan fingerprint density at radius 3 is 3.04 bits per heavy atom. The Morgan fingerprint density at radius 2 is 2.30 bits per heavy atom. The third-order valence-electron chi connectivity index (χ3n) is 3.80. The van der Waals surface area contributed by atoms with Crippen molar-refractivity contribution in [3.8, 4) is 5.75 Å². The molecule has 1 aromatic carbocycles. The summed E-state index contributed by atoms with van der Waals surface area (Å²) < 4.78 is 16.6. The number of rotatable bonds is 5. The minimum Gasteiger partial charge on any atom is -0.491 e. The van der Waals surface area contributed by atoms with Gasteiger partial charge in [-0.25, -0.2) is 0 Å². The lowest BCUT2D eigenvalue weighted by atomic mass is 10.2. The smallest absolute Gasteiger partial charge is 0.243 e. The maximum atomic E-state index is 12.1. The molecular weight excluding hydrogens is 320 g/mol. The van der Waals surface area contributed by atoms with E-state index in [1.807, 2.05) is 24.3 Å². The van der Waals surface area contributed by atoms with Crippen LogP contribution in [0.1, 0.15) is 12.8 Å². The molecule has 2 aliphatic rings. The second kappa shape index (κ2) is 9.08. The molecule has 0 saturated carbocycles. The van der Waals surface area contributed by atoms with Gasteiger partial charge in [-0.1, -0.05) is 6.07 Å². The Morgan fingerprint density at radius 1 is 1.39 bits per heavy atom. The van der Waals surface area contributed by atoms with E-state index in [1.165, 1.54) is 0 Å². The number of ether oxygens (including phenoxy) is 3. The fraction of sp³-hybridized carbons (Fsp3) is 0.562. The Balaban J connectivity index is 0.00000192. The van der Waals surface area contributed by atoms with Gasteiger partial charge < -0.3 is 24.8 Å². The first-order valence-corrected chi connectivity index (χ1v) is 7.78. The lowest BCUT2D eigenvalue weighted by Crippen LogP contribution is -2.48. The molecule has 0 aliphatic carbocycles. The quantitative estimate of drug-likeness (QED) is 0.850. The molecule has 7 heteroatoms. The molecule has 23 heavy (non-hydrogen) atoms. The summed E-state index contributed by atoms with van der Waals surface area (Å²) in [6, 6.07) is 7.12. The zero-order valence-electron chi connectivity index (χ0n) is 13.0. The zero-order valence-corrected chi connectivity index (χ0v) is 13.8. The topological polar surface area (TPSA) is 68.8 Å². The first-order valence-electron chi connectivity index (χ1n) is 7.78. The highest BCUT2D eigenvalue weighted by molar-refractivity contribution is 5.95. The van der Waals surface area contributed by atoms with Crippen molar-refractivity contribution in [3.63, 3.8) is 0 Å². The van der Waals surface area contributed by atoms with Gasteiger partial charge in [-0.3, -0.25) is 4.79 Å². The van der Waals surface area contributed by atoms with Gasteiger partial charge in [0, 0.05) is 24.9 Å². The van der Waals surface area contributed by atoms with E-state index in [0.29, 0.717) is 26.4 Å². The number of nitrogens with one attached hydrogen (secondary N) is 2. The van der Waals surface area contributed by atoms with Crippen LogP contribution in [-0.2, 0) is 14.3 Å². The van der Waals surface area contributed by atoms with Crippen LogP contribution in [-0.4, -0.2) is 51.0 Å². The Hall–Kier alpha value is -1.34. The number of benzene rings is 1. The second-order valence-electron chi connectivity index (χ2n) is 5.54. The molecule has 2 aliphatic heterocycles. The molecule has 0 radical (unpaired) electrons. The molecule has 2 fully saturated rings. The molecule has 0 aromatic heterocycles. The van der Waals surface area contributed by atoms with Crippen molar-refractivity contribution in [2.75, 3.05) is 38.3 Å². The molecule has 2 unspecified atom stereocenters. The van der Waals surface area contributed by atoms with Crippen molar-refractivity contribution in [2.24, 2.45) is 0 Å². The number of hydrogen-bond acceptors (Lipinski definition) is 5. The molecule has 2 N–H and O–H groups in total. The van der Waals surface area contributed by atoms with Crippen LogP contribution in [0.15, 0.2) is 24.3 Å². The van der Waals surface area contributed by atoms with Crippen molar-refractivity contribution >= 4 is 24.0 Å². The summed E-state index contributed by atoms with van der Waals surface area (Å²) in [5.41, 5.74) is 0.724. The first-order chi connectivity index (χ1) is 10.8. The standard InChI is InChI=1S/C16H22N2O4.ClH/c19-16(15-11-20-8-6-17-15)18-12-3-1-4-13(9-12)22-10-14-5-2-7-21-14;/h1,3-4,9,14-15,17H,2,5-8,10-11H2,(H,18,19);1H. The molecular formula is C16H23ClN2O4. The van der Waals surface area contributed by atoms with Crippen molar-refractivity contribution in [1.82, 2.24) is 5.32 Å². The maximum Gasteiger partial charge on any atom is 0.243 e. The van der Waals surface area contributed by atoms with Gasteiger partial charge in [0.25, 0.3) is 0 Å². The van der Waals surface area contributed by atoms with Gasteiger partial charge in [0.2, 0.25) is 5.91 Å². The van der Waals surface area contributed by atoms with Crippen molar-refractivity contribution in [3.05, 3.63) is 24.3 Å². The van der Waals surface area contributed by atoms with E-state index in [0.717, 1.165) is 30.9 Å². The summed E-state index contributed by atoms with van der Waals surface area (Å²) in [7, 11) is 0. The van der Waals surface area contributed by atoms with Crippen LogP contribution in [0.5, 0.6) is 5.75 Å². The number of anilines is 1. The van der Waals surface area contributed by atoms with Crippen LogP contribution >= 0.6 is 12.4 Å². The van der Waals surface area contributed by atoms with Crippen molar-refractivity contribution in [2.45, 2.75) is 25.0 Å². The summed E-state index contributed by atoms with van der Waals surface area (Å²) >= 11 is 0. The third kappa shape index (κ3) is 5.35. The van der Waals surface area contributed by atoms with E-state index in [2.05, 4.69) is 10.6 Å². The van der Waals surface area contributed by atoms with Crippen LogP contribution in [0.25, 0.3) is 0 Å². The molecule has 2 saturated heterocycles. The van der Waals surface area contributed by atoms with Gasteiger partial charge in [0.15, 0.2) is 0 Å². The highest BCUT2D eigenvalue weighted by atomic mass is 35.5. The second-order valence-corrected chi connectivity index (χ2v) is 5.54. The van der Waals surface area contributed by atoms with E-state index in [4.69, 9.17) is 14.2 Å². The van der Waals surface area contributed by atoms with E-state index in [-0.39, 0.29) is 30.5 Å². The van der Waals surface area contributed by atoms with Crippen LogP contribution < -0.4 is 15.4 Å². The SMILES string of the molecule is Cl.O=C(Nc1cccc(OCC2CCCO2)c1)C1COCCN1. The zero-order chi connectivity index (χ0) is 15.2. The Kier molecular flexibility index (Phi) is 7.11. The van der Waals surface area contributed by atoms with E-state index in [9.17, 15) is 4.79 Å². The van der Waals surface area contributed by atoms with Gasteiger partial charge in [0.1, 0.15) is 18.4 Å². The lowest BCUT2D eigenvalue weighted by Gasteiger charge is -2.23. The summed E-state index contributed by atoms with van der Waals surface area (Å²) in [6.07, 6.45) is 2.33. The number of morpholine rings is 1. The Bertz CT molecular complexity index is 503. The molecule has 128 valence electrons. The average Bonchev–Trinajstić information content (AvgIpc) is 3.08.